The van der Waals surface area contributed by atoms with Crippen molar-refractivity contribution in [3.8, 4) is 0 Å². The van der Waals surface area contributed by atoms with E-state index in [1.165, 1.54) is 38.5 Å². The first-order valence-electron chi connectivity index (χ1n) is 7.03. The molecule has 1 aliphatic carbocycles. The van der Waals surface area contributed by atoms with Gasteiger partial charge in [-0.05, 0) is 51.0 Å². The number of unbranched alkanes of at least 4 members (excludes halogenated alkanes) is 1. The highest BCUT2D eigenvalue weighted by atomic mass is 16.5. The predicted molar refractivity (Wildman–Crippen MR) is 69.7 cm³/mol. The van der Waals surface area contributed by atoms with Gasteiger partial charge in [0.15, 0.2) is 0 Å². The second-order valence-corrected chi connectivity index (χ2v) is 5.57. The molecule has 0 spiro atoms. The first-order valence-corrected chi connectivity index (χ1v) is 7.03. The van der Waals surface area contributed by atoms with Gasteiger partial charge in [-0.1, -0.05) is 20.8 Å². The molecule has 0 atom stereocenters. The van der Waals surface area contributed by atoms with Gasteiger partial charge in [0.2, 0.25) is 0 Å². The Morgan fingerprint density at radius 3 is 2.44 bits per heavy atom. The second kappa shape index (κ2) is 8.08. The summed E-state index contributed by atoms with van der Waals surface area (Å²) in [6.07, 6.45) is 8.29. The predicted octanol–water partition coefficient (Wildman–Crippen LogP) is 3.36. The van der Waals surface area contributed by atoms with Crippen molar-refractivity contribution < 1.29 is 4.74 Å². The van der Waals surface area contributed by atoms with Crippen molar-refractivity contribution in [2.75, 3.05) is 13.2 Å². The van der Waals surface area contributed by atoms with Gasteiger partial charge >= 0.3 is 0 Å². The molecule has 0 aromatic heterocycles. The van der Waals surface area contributed by atoms with E-state index < -0.39 is 0 Å². The zero-order chi connectivity index (χ0) is 11.8. The Hall–Kier alpha value is -0.0800. The smallest absolute Gasteiger partial charge is 0.0575 e. The van der Waals surface area contributed by atoms with Crippen LogP contribution in [-0.4, -0.2) is 25.3 Å². The fourth-order valence-corrected chi connectivity index (χ4v) is 2.26. The van der Waals surface area contributed by atoms with E-state index in [0.717, 1.165) is 19.1 Å². The van der Waals surface area contributed by atoms with E-state index in [2.05, 4.69) is 26.1 Å². The monoisotopic (exact) mass is 227 g/mol. The molecule has 0 aromatic rings. The molecule has 1 saturated carbocycles. The lowest BCUT2D eigenvalue weighted by Gasteiger charge is -2.26. The van der Waals surface area contributed by atoms with Gasteiger partial charge in [-0.15, -0.1) is 0 Å². The summed E-state index contributed by atoms with van der Waals surface area (Å²) >= 11 is 0. The largest absolute Gasteiger partial charge is 0.378 e. The summed E-state index contributed by atoms with van der Waals surface area (Å²) in [6.45, 7) is 8.83. The molecular weight excluding hydrogens is 198 g/mol. The summed E-state index contributed by atoms with van der Waals surface area (Å²) in [4.78, 5) is 0. The van der Waals surface area contributed by atoms with Gasteiger partial charge in [0.1, 0.15) is 0 Å². The van der Waals surface area contributed by atoms with Gasteiger partial charge < -0.3 is 10.1 Å². The zero-order valence-corrected chi connectivity index (χ0v) is 11.3. The van der Waals surface area contributed by atoms with Crippen molar-refractivity contribution >= 4 is 0 Å². The molecule has 1 N–H and O–H groups in total. The minimum absolute atomic E-state index is 0.564. The van der Waals surface area contributed by atoms with E-state index in [4.69, 9.17) is 4.74 Å². The molecule has 0 bridgehead atoms. The Morgan fingerprint density at radius 1 is 1.12 bits per heavy atom. The molecule has 0 aliphatic heterocycles. The molecule has 0 radical (unpaired) electrons. The lowest BCUT2D eigenvalue weighted by molar-refractivity contribution is 0.0180. The molecular formula is C14H29NO. The Labute approximate surface area is 101 Å². The van der Waals surface area contributed by atoms with Crippen LogP contribution in [0.25, 0.3) is 0 Å². The molecule has 0 saturated heterocycles. The Morgan fingerprint density at radius 2 is 1.81 bits per heavy atom. The molecule has 96 valence electrons. The molecule has 2 nitrogen and oxygen atoms in total. The highest BCUT2D eigenvalue weighted by molar-refractivity contribution is 4.69. The standard InChI is InChI=1S/C14H29NO/c1-12(2)15-10-4-5-11-16-14-8-6-13(3)7-9-14/h12-15H,4-11H2,1-3H3. The fraction of sp³-hybridized carbons (Fsp3) is 1.00. The van der Waals surface area contributed by atoms with Crippen LogP contribution in [0.2, 0.25) is 0 Å². The van der Waals surface area contributed by atoms with Crippen LogP contribution in [-0.2, 0) is 4.74 Å². The number of hydrogen-bond acceptors (Lipinski definition) is 2. The maximum Gasteiger partial charge on any atom is 0.0575 e. The van der Waals surface area contributed by atoms with Crippen molar-refractivity contribution in [2.24, 2.45) is 5.92 Å². The topological polar surface area (TPSA) is 21.3 Å². The van der Waals surface area contributed by atoms with E-state index >= 15 is 0 Å². The lowest BCUT2D eigenvalue weighted by atomic mass is 9.89. The number of nitrogens with one attached hydrogen (secondary N) is 1. The third-order valence-electron chi connectivity index (χ3n) is 3.44. The van der Waals surface area contributed by atoms with Crippen LogP contribution in [0.15, 0.2) is 0 Å². The maximum absolute atomic E-state index is 5.91. The maximum atomic E-state index is 5.91. The summed E-state index contributed by atoms with van der Waals surface area (Å²) in [5.74, 6) is 0.926. The highest BCUT2D eigenvalue weighted by Crippen LogP contribution is 2.25. The van der Waals surface area contributed by atoms with Crippen LogP contribution >= 0.6 is 0 Å². The van der Waals surface area contributed by atoms with Crippen LogP contribution in [0.4, 0.5) is 0 Å². The summed E-state index contributed by atoms with van der Waals surface area (Å²) < 4.78 is 5.91. The number of rotatable bonds is 7. The molecule has 0 amide bonds. The van der Waals surface area contributed by atoms with Gasteiger partial charge in [-0.3, -0.25) is 0 Å². The number of hydrogen-bond donors (Lipinski definition) is 1. The van der Waals surface area contributed by atoms with Crippen molar-refractivity contribution in [3.05, 3.63) is 0 Å². The lowest BCUT2D eigenvalue weighted by Crippen LogP contribution is -2.24. The molecule has 1 aliphatic rings. The van der Waals surface area contributed by atoms with E-state index in [-0.39, 0.29) is 0 Å². The molecule has 0 heterocycles. The minimum atomic E-state index is 0.564. The van der Waals surface area contributed by atoms with Gasteiger partial charge in [-0.2, -0.15) is 0 Å². The molecule has 0 aromatic carbocycles. The normalized spacial score (nSPS) is 26.2. The Balaban J connectivity index is 1.87. The van der Waals surface area contributed by atoms with E-state index in [9.17, 15) is 0 Å². The zero-order valence-electron chi connectivity index (χ0n) is 11.3. The van der Waals surface area contributed by atoms with Crippen LogP contribution in [0.5, 0.6) is 0 Å². The Kier molecular flexibility index (Phi) is 7.06. The molecule has 0 unspecified atom stereocenters. The average molecular weight is 227 g/mol. The van der Waals surface area contributed by atoms with Gasteiger partial charge in [0.05, 0.1) is 6.10 Å². The first-order chi connectivity index (χ1) is 7.68. The molecule has 1 rings (SSSR count). The van der Waals surface area contributed by atoms with E-state index in [1.54, 1.807) is 0 Å². The average Bonchev–Trinajstić information content (AvgIpc) is 2.25. The first kappa shape index (κ1) is 14.0. The van der Waals surface area contributed by atoms with Crippen LogP contribution < -0.4 is 5.32 Å². The SMILES string of the molecule is CC1CCC(OCCCCNC(C)C)CC1. The van der Waals surface area contributed by atoms with Crippen molar-refractivity contribution in [1.29, 1.82) is 0 Å². The van der Waals surface area contributed by atoms with Crippen molar-refractivity contribution in [2.45, 2.75) is 71.4 Å². The van der Waals surface area contributed by atoms with Crippen molar-refractivity contribution in [3.63, 3.8) is 0 Å². The molecule has 1 fully saturated rings. The Bertz CT molecular complexity index is 162. The molecule has 16 heavy (non-hydrogen) atoms. The third kappa shape index (κ3) is 6.49. The van der Waals surface area contributed by atoms with Crippen molar-refractivity contribution in [1.82, 2.24) is 5.32 Å². The molecule has 2 heteroatoms. The van der Waals surface area contributed by atoms with Crippen LogP contribution in [0.1, 0.15) is 59.3 Å². The van der Waals surface area contributed by atoms with Gasteiger partial charge in [0, 0.05) is 12.6 Å². The quantitative estimate of drug-likeness (QED) is 0.673. The number of ether oxygens (including phenoxy) is 1. The van der Waals surface area contributed by atoms with Crippen LogP contribution in [0, 0.1) is 5.92 Å². The fourth-order valence-electron chi connectivity index (χ4n) is 2.26. The van der Waals surface area contributed by atoms with E-state index in [0.29, 0.717) is 12.1 Å². The van der Waals surface area contributed by atoms with Gasteiger partial charge in [0.25, 0.3) is 0 Å². The highest BCUT2D eigenvalue weighted by Gasteiger charge is 2.17. The van der Waals surface area contributed by atoms with E-state index in [1.807, 2.05) is 0 Å². The second-order valence-electron chi connectivity index (χ2n) is 5.57. The summed E-state index contributed by atoms with van der Waals surface area (Å²) in [7, 11) is 0. The summed E-state index contributed by atoms with van der Waals surface area (Å²) in [6, 6.07) is 0.612. The van der Waals surface area contributed by atoms with Crippen LogP contribution in [0.3, 0.4) is 0 Å². The minimum Gasteiger partial charge on any atom is -0.378 e. The summed E-state index contributed by atoms with van der Waals surface area (Å²) in [5, 5.41) is 3.43. The van der Waals surface area contributed by atoms with Gasteiger partial charge in [-0.25, -0.2) is 0 Å². The summed E-state index contributed by atoms with van der Waals surface area (Å²) in [5.41, 5.74) is 0. The third-order valence-corrected chi connectivity index (χ3v) is 3.44.